The average molecular weight is 258 g/mol. The van der Waals surface area contributed by atoms with Crippen LogP contribution in [0.3, 0.4) is 0 Å². The van der Waals surface area contributed by atoms with E-state index in [9.17, 15) is 4.79 Å². The highest BCUT2D eigenvalue weighted by molar-refractivity contribution is 5.76. The number of carbonyl (C=O) groups is 1. The van der Waals surface area contributed by atoms with Crippen molar-refractivity contribution in [2.75, 3.05) is 0 Å². The van der Waals surface area contributed by atoms with Crippen LogP contribution in [0.2, 0.25) is 0 Å². The fourth-order valence-corrected chi connectivity index (χ4v) is 3.08. The lowest BCUT2D eigenvalue weighted by Crippen LogP contribution is -2.20. The molecule has 4 heteroatoms. The Hall–Kier alpha value is -1.84. The summed E-state index contributed by atoms with van der Waals surface area (Å²) >= 11 is 0. The number of hydrogen-bond donors (Lipinski definition) is 2. The third-order valence-corrected chi connectivity index (χ3v) is 4.17. The van der Waals surface area contributed by atoms with Crippen molar-refractivity contribution in [2.45, 2.75) is 38.5 Å². The second-order valence-corrected chi connectivity index (χ2v) is 5.49. The van der Waals surface area contributed by atoms with Crippen LogP contribution >= 0.6 is 0 Å². The Balaban J connectivity index is 1.79. The van der Waals surface area contributed by atoms with Crippen LogP contribution in [0, 0.1) is 12.8 Å². The van der Waals surface area contributed by atoms with Gasteiger partial charge in [-0.25, -0.2) is 4.98 Å². The van der Waals surface area contributed by atoms with Crippen molar-refractivity contribution in [2.24, 2.45) is 5.92 Å². The van der Waals surface area contributed by atoms with Crippen molar-refractivity contribution < 1.29 is 9.90 Å². The summed E-state index contributed by atoms with van der Waals surface area (Å²) in [6, 6.07) is 6.35. The summed E-state index contributed by atoms with van der Waals surface area (Å²) in [5.41, 5.74) is 3.39. The van der Waals surface area contributed by atoms with E-state index in [4.69, 9.17) is 5.11 Å². The van der Waals surface area contributed by atoms with E-state index in [-0.39, 0.29) is 5.92 Å². The summed E-state index contributed by atoms with van der Waals surface area (Å²) in [7, 11) is 0. The number of rotatable bonds is 2. The van der Waals surface area contributed by atoms with Gasteiger partial charge in [0.1, 0.15) is 5.82 Å². The molecule has 1 aliphatic carbocycles. The minimum atomic E-state index is -0.641. The molecule has 0 radical (unpaired) electrons. The molecule has 1 heterocycles. The Morgan fingerprint density at radius 3 is 2.74 bits per heavy atom. The molecule has 4 nitrogen and oxygen atoms in total. The number of aromatic nitrogens is 2. The molecule has 1 aliphatic rings. The molecule has 3 rings (SSSR count). The second-order valence-electron chi connectivity index (χ2n) is 5.49. The zero-order valence-corrected chi connectivity index (χ0v) is 11.0. The first-order valence-corrected chi connectivity index (χ1v) is 6.82. The summed E-state index contributed by atoms with van der Waals surface area (Å²) in [6.45, 7) is 1.96. The van der Waals surface area contributed by atoms with Gasteiger partial charge < -0.3 is 10.1 Å². The van der Waals surface area contributed by atoms with Crippen LogP contribution in [-0.4, -0.2) is 21.0 Å². The zero-order chi connectivity index (χ0) is 13.4. The van der Waals surface area contributed by atoms with Crippen LogP contribution in [-0.2, 0) is 4.79 Å². The molecule has 2 aromatic rings. The van der Waals surface area contributed by atoms with Gasteiger partial charge in [0.25, 0.3) is 0 Å². The van der Waals surface area contributed by atoms with Crippen molar-refractivity contribution in [3.8, 4) is 0 Å². The van der Waals surface area contributed by atoms with Crippen LogP contribution in [0.4, 0.5) is 0 Å². The number of carboxylic acids is 1. The molecule has 100 valence electrons. The van der Waals surface area contributed by atoms with Gasteiger partial charge in [-0.1, -0.05) is 6.07 Å². The number of aromatic amines is 1. The van der Waals surface area contributed by atoms with Gasteiger partial charge in [0.15, 0.2) is 0 Å². The molecule has 1 fully saturated rings. The largest absolute Gasteiger partial charge is 0.481 e. The maximum atomic E-state index is 11.0. The predicted molar refractivity (Wildman–Crippen MR) is 73.2 cm³/mol. The SMILES string of the molecule is Cc1nc2ccc(C3CCC(C(=O)O)CC3)cc2[nH]1. The molecule has 0 saturated heterocycles. The normalized spacial score (nSPS) is 23.6. The number of aryl methyl sites for hydroxylation is 1. The monoisotopic (exact) mass is 258 g/mol. The number of nitrogens with one attached hydrogen (secondary N) is 1. The van der Waals surface area contributed by atoms with Crippen LogP contribution in [0.25, 0.3) is 11.0 Å². The molecular weight excluding hydrogens is 240 g/mol. The Kier molecular flexibility index (Phi) is 3.01. The number of hydrogen-bond acceptors (Lipinski definition) is 2. The molecular formula is C15H18N2O2. The zero-order valence-electron chi connectivity index (χ0n) is 11.0. The van der Waals surface area contributed by atoms with E-state index in [0.717, 1.165) is 42.5 Å². The van der Waals surface area contributed by atoms with Crippen LogP contribution in [0.5, 0.6) is 0 Å². The van der Waals surface area contributed by atoms with Gasteiger partial charge in [-0.15, -0.1) is 0 Å². The third kappa shape index (κ3) is 2.35. The number of carboxylic acid groups (broad SMARTS) is 1. The first kappa shape index (κ1) is 12.2. The minimum Gasteiger partial charge on any atom is -0.481 e. The van der Waals surface area contributed by atoms with Gasteiger partial charge in [-0.05, 0) is 56.2 Å². The number of aliphatic carboxylic acids is 1. The highest BCUT2D eigenvalue weighted by Gasteiger charge is 2.26. The van der Waals surface area contributed by atoms with Gasteiger partial charge in [-0.2, -0.15) is 0 Å². The maximum absolute atomic E-state index is 11.0. The highest BCUT2D eigenvalue weighted by atomic mass is 16.4. The lowest BCUT2D eigenvalue weighted by molar-refractivity contribution is -0.142. The minimum absolute atomic E-state index is 0.144. The second kappa shape index (κ2) is 4.68. The molecule has 0 spiro atoms. The summed E-state index contributed by atoms with van der Waals surface area (Å²) in [4.78, 5) is 18.6. The Morgan fingerprint density at radius 2 is 2.05 bits per heavy atom. The molecule has 0 unspecified atom stereocenters. The fraction of sp³-hybridized carbons (Fsp3) is 0.467. The summed E-state index contributed by atoms with van der Waals surface area (Å²) < 4.78 is 0. The lowest BCUT2D eigenvalue weighted by Gasteiger charge is -2.26. The summed E-state index contributed by atoms with van der Waals surface area (Å²) in [5, 5.41) is 9.03. The average Bonchev–Trinajstić information content (AvgIpc) is 2.77. The van der Waals surface area contributed by atoms with E-state index >= 15 is 0 Å². The van der Waals surface area contributed by atoms with Gasteiger partial charge in [0.2, 0.25) is 0 Å². The summed E-state index contributed by atoms with van der Waals surface area (Å²) in [6.07, 6.45) is 3.52. The van der Waals surface area contributed by atoms with E-state index < -0.39 is 5.97 Å². The van der Waals surface area contributed by atoms with Gasteiger partial charge in [0, 0.05) is 0 Å². The van der Waals surface area contributed by atoms with E-state index in [2.05, 4.69) is 28.2 Å². The smallest absolute Gasteiger partial charge is 0.306 e. The van der Waals surface area contributed by atoms with Gasteiger partial charge >= 0.3 is 5.97 Å². The van der Waals surface area contributed by atoms with E-state index in [1.165, 1.54) is 5.56 Å². The Labute approximate surface area is 111 Å². The number of H-pyrrole nitrogens is 1. The first-order valence-electron chi connectivity index (χ1n) is 6.82. The molecule has 1 saturated carbocycles. The third-order valence-electron chi connectivity index (χ3n) is 4.17. The van der Waals surface area contributed by atoms with E-state index in [0.29, 0.717) is 5.92 Å². The van der Waals surface area contributed by atoms with E-state index in [1.54, 1.807) is 0 Å². The molecule has 0 bridgehead atoms. The van der Waals surface area contributed by atoms with Gasteiger partial charge in [-0.3, -0.25) is 4.79 Å². The highest BCUT2D eigenvalue weighted by Crippen LogP contribution is 2.36. The Morgan fingerprint density at radius 1 is 1.32 bits per heavy atom. The van der Waals surface area contributed by atoms with Crippen molar-refractivity contribution in [3.63, 3.8) is 0 Å². The Bertz CT molecular complexity index is 610. The number of imidazole rings is 1. The maximum Gasteiger partial charge on any atom is 0.306 e. The van der Waals surface area contributed by atoms with Crippen molar-refractivity contribution in [3.05, 3.63) is 29.6 Å². The molecule has 2 N–H and O–H groups in total. The molecule has 1 aromatic carbocycles. The standard InChI is InChI=1S/C15H18N2O2/c1-9-16-13-7-6-12(8-14(13)17-9)10-2-4-11(5-3-10)15(18)19/h6-8,10-11H,2-5H2,1H3,(H,16,17)(H,18,19). The fourth-order valence-electron chi connectivity index (χ4n) is 3.08. The van der Waals surface area contributed by atoms with Crippen molar-refractivity contribution in [1.29, 1.82) is 0 Å². The molecule has 1 aromatic heterocycles. The van der Waals surface area contributed by atoms with Crippen molar-refractivity contribution >= 4 is 17.0 Å². The lowest BCUT2D eigenvalue weighted by atomic mass is 9.79. The molecule has 19 heavy (non-hydrogen) atoms. The van der Waals surface area contributed by atoms with Crippen LogP contribution in [0.15, 0.2) is 18.2 Å². The van der Waals surface area contributed by atoms with Gasteiger partial charge in [0.05, 0.1) is 17.0 Å². The molecule has 0 aliphatic heterocycles. The van der Waals surface area contributed by atoms with E-state index in [1.807, 2.05) is 6.92 Å². The van der Waals surface area contributed by atoms with Crippen LogP contribution in [0.1, 0.15) is 43.0 Å². The van der Waals surface area contributed by atoms with Crippen LogP contribution < -0.4 is 0 Å². The molecule has 0 atom stereocenters. The predicted octanol–water partition coefficient (Wildman–Crippen LogP) is 3.23. The number of benzene rings is 1. The number of fused-ring (bicyclic) bond motifs is 1. The quantitative estimate of drug-likeness (QED) is 0.869. The number of nitrogens with zero attached hydrogens (tertiary/aromatic N) is 1. The van der Waals surface area contributed by atoms with Crippen molar-refractivity contribution in [1.82, 2.24) is 9.97 Å². The first-order chi connectivity index (χ1) is 9.13. The topological polar surface area (TPSA) is 66.0 Å². The molecule has 0 amide bonds. The summed E-state index contributed by atoms with van der Waals surface area (Å²) in [5.74, 6) is 0.637.